The van der Waals surface area contributed by atoms with Crippen molar-refractivity contribution in [1.82, 2.24) is 9.88 Å². The number of hydrogen-bond acceptors (Lipinski definition) is 3. The van der Waals surface area contributed by atoms with Gasteiger partial charge in [-0.2, -0.15) is 0 Å². The SMILES string of the molecule is COc1cc(Br)ccc1CN1CC(C)CC1c1cccnc1. The number of nitrogens with zero attached hydrogens (tertiary/aromatic N) is 2. The van der Waals surface area contributed by atoms with E-state index < -0.39 is 0 Å². The van der Waals surface area contributed by atoms with E-state index >= 15 is 0 Å². The summed E-state index contributed by atoms with van der Waals surface area (Å²) in [4.78, 5) is 6.82. The molecule has 2 atom stereocenters. The molecule has 0 saturated carbocycles. The molecule has 2 heterocycles. The molecule has 0 bridgehead atoms. The van der Waals surface area contributed by atoms with Gasteiger partial charge in [0, 0.05) is 41.6 Å². The van der Waals surface area contributed by atoms with Crippen molar-refractivity contribution in [3.05, 3.63) is 58.3 Å². The van der Waals surface area contributed by atoms with Crippen LogP contribution in [-0.4, -0.2) is 23.5 Å². The Morgan fingerprint density at radius 3 is 2.95 bits per heavy atom. The molecule has 0 spiro atoms. The molecule has 4 heteroatoms. The molecule has 0 radical (unpaired) electrons. The number of benzene rings is 1. The summed E-state index contributed by atoms with van der Waals surface area (Å²) in [5.41, 5.74) is 2.54. The van der Waals surface area contributed by atoms with Gasteiger partial charge < -0.3 is 4.74 Å². The summed E-state index contributed by atoms with van der Waals surface area (Å²) in [5, 5.41) is 0. The lowest BCUT2D eigenvalue weighted by Gasteiger charge is -2.25. The third-order valence-electron chi connectivity index (χ3n) is 4.30. The van der Waals surface area contributed by atoms with Crippen LogP contribution in [0.5, 0.6) is 5.75 Å². The Kier molecular flexibility index (Phi) is 4.79. The highest BCUT2D eigenvalue weighted by Gasteiger charge is 2.31. The van der Waals surface area contributed by atoms with Crippen molar-refractivity contribution in [3.8, 4) is 5.75 Å². The van der Waals surface area contributed by atoms with Crippen LogP contribution in [0.25, 0.3) is 0 Å². The maximum atomic E-state index is 5.54. The molecule has 1 aliphatic heterocycles. The Bertz CT molecular complexity index is 632. The molecule has 0 aliphatic carbocycles. The number of methoxy groups -OCH3 is 1. The molecule has 22 heavy (non-hydrogen) atoms. The number of pyridine rings is 1. The molecule has 3 nitrogen and oxygen atoms in total. The first-order valence-electron chi connectivity index (χ1n) is 7.63. The summed E-state index contributed by atoms with van der Waals surface area (Å²) in [6.07, 6.45) is 5.02. The topological polar surface area (TPSA) is 25.4 Å². The highest BCUT2D eigenvalue weighted by molar-refractivity contribution is 9.10. The lowest BCUT2D eigenvalue weighted by molar-refractivity contribution is 0.241. The fourth-order valence-corrected chi connectivity index (χ4v) is 3.63. The van der Waals surface area contributed by atoms with Gasteiger partial charge in [-0.05, 0) is 36.1 Å². The summed E-state index contributed by atoms with van der Waals surface area (Å²) < 4.78 is 6.58. The van der Waals surface area contributed by atoms with Crippen molar-refractivity contribution in [2.45, 2.75) is 25.9 Å². The predicted molar refractivity (Wildman–Crippen MR) is 91.9 cm³/mol. The van der Waals surface area contributed by atoms with Gasteiger partial charge in [-0.25, -0.2) is 0 Å². The van der Waals surface area contributed by atoms with Gasteiger partial charge in [0.1, 0.15) is 5.75 Å². The summed E-state index contributed by atoms with van der Waals surface area (Å²) in [6, 6.07) is 10.9. The van der Waals surface area contributed by atoms with Gasteiger partial charge in [0.05, 0.1) is 7.11 Å². The average Bonchev–Trinajstić information content (AvgIpc) is 2.90. The summed E-state index contributed by atoms with van der Waals surface area (Å²) in [7, 11) is 1.73. The third-order valence-corrected chi connectivity index (χ3v) is 4.80. The van der Waals surface area contributed by atoms with Crippen molar-refractivity contribution >= 4 is 15.9 Å². The van der Waals surface area contributed by atoms with E-state index in [4.69, 9.17) is 4.74 Å². The molecule has 2 aromatic rings. The number of aromatic nitrogens is 1. The standard InChI is InChI=1S/C18H21BrN2O/c1-13-8-17(14-4-3-7-20-10-14)21(11-13)12-15-5-6-16(19)9-18(15)22-2/h3-7,9-10,13,17H,8,11-12H2,1-2H3. The Morgan fingerprint density at radius 2 is 2.23 bits per heavy atom. The molecule has 2 unspecified atom stereocenters. The van der Waals surface area contributed by atoms with E-state index in [-0.39, 0.29) is 0 Å². The molecule has 1 aliphatic rings. The molecule has 1 aromatic carbocycles. The first-order valence-corrected chi connectivity index (χ1v) is 8.43. The number of ether oxygens (including phenoxy) is 1. The van der Waals surface area contributed by atoms with E-state index in [9.17, 15) is 0 Å². The lowest BCUT2D eigenvalue weighted by atomic mass is 10.0. The number of hydrogen-bond donors (Lipinski definition) is 0. The van der Waals surface area contributed by atoms with E-state index in [1.165, 1.54) is 17.5 Å². The van der Waals surface area contributed by atoms with Gasteiger partial charge in [0.25, 0.3) is 0 Å². The van der Waals surface area contributed by atoms with E-state index in [2.05, 4.69) is 50.9 Å². The van der Waals surface area contributed by atoms with Gasteiger partial charge in [0.2, 0.25) is 0 Å². The van der Waals surface area contributed by atoms with E-state index in [1.807, 2.05) is 24.5 Å². The minimum Gasteiger partial charge on any atom is -0.496 e. The quantitative estimate of drug-likeness (QED) is 0.805. The second-order valence-electron chi connectivity index (χ2n) is 6.03. The van der Waals surface area contributed by atoms with Crippen LogP contribution in [0.15, 0.2) is 47.2 Å². The number of rotatable bonds is 4. The van der Waals surface area contributed by atoms with Gasteiger partial charge in [-0.1, -0.05) is 35.0 Å². The first-order chi connectivity index (χ1) is 10.7. The van der Waals surface area contributed by atoms with Gasteiger partial charge in [-0.3, -0.25) is 9.88 Å². The Hall–Kier alpha value is -1.39. The van der Waals surface area contributed by atoms with E-state index in [0.717, 1.165) is 23.3 Å². The smallest absolute Gasteiger partial charge is 0.124 e. The highest BCUT2D eigenvalue weighted by Crippen LogP contribution is 2.37. The van der Waals surface area contributed by atoms with Crippen LogP contribution < -0.4 is 4.74 Å². The van der Waals surface area contributed by atoms with Crippen molar-refractivity contribution < 1.29 is 4.74 Å². The van der Waals surface area contributed by atoms with Crippen LogP contribution in [0.1, 0.15) is 30.5 Å². The second-order valence-corrected chi connectivity index (χ2v) is 6.94. The third kappa shape index (κ3) is 3.33. The molecule has 1 aromatic heterocycles. The maximum absolute atomic E-state index is 5.54. The Morgan fingerprint density at radius 1 is 1.36 bits per heavy atom. The van der Waals surface area contributed by atoms with E-state index in [0.29, 0.717) is 12.0 Å². The molecule has 1 fully saturated rings. The molecule has 0 amide bonds. The van der Waals surface area contributed by atoms with Gasteiger partial charge in [-0.15, -0.1) is 0 Å². The molecule has 1 saturated heterocycles. The maximum Gasteiger partial charge on any atom is 0.124 e. The monoisotopic (exact) mass is 360 g/mol. The zero-order valence-electron chi connectivity index (χ0n) is 13.0. The van der Waals surface area contributed by atoms with Crippen LogP contribution in [0.3, 0.4) is 0 Å². The number of likely N-dealkylation sites (tertiary alicyclic amines) is 1. The summed E-state index contributed by atoms with van der Waals surface area (Å²) in [5.74, 6) is 1.64. The van der Waals surface area contributed by atoms with Gasteiger partial charge in [0.15, 0.2) is 0 Å². The Labute approximate surface area is 140 Å². The van der Waals surface area contributed by atoms with Crippen LogP contribution in [0.4, 0.5) is 0 Å². The van der Waals surface area contributed by atoms with Crippen molar-refractivity contribution in [2.75, 3.05) is 13.7 Å². The van der Waals surface area contributed by atoms with Crippen molar-refractivity contribution in [1.29, 1.82) is 0 Å². The predicted octanol–water partition coefficient (Wildman–Crippen LogP) is 4.44. The van der Waals surface area contributed by atoms with Crippen molar-refractivity contribution in [3.63, 3.8) is 0 Å². The Balaban J connectivity index is 1.84. The molecule has 3 rings (SSSR count). The van der Waals surface area contributed by atoms with Crippen LogP contribution in [-0.2, 0) is 6.54 Å². The number of halogens is 1. The van der Waals surface area contributed by atoms with Crippen molar-refractivity contribution in [2.24, 2.45) is 5.92 Å². The van der Waals surface area contributed by atoms with Crippen LogP contribution >= 0.6 is 15.9 Å². The summed E-state index contributed by atoms with van der Waals surface area (Å²) in [6.45, 7) is 4.33. The molecule has 116 valence electrons. The normalized spacial score (nSPS) is 22.0. The second kappa shape index (κ2) is 6.80. The molecular formula is C18H21BrN2O. The minimum atomic E-state index is 0.442. The fourth-order valence-electron chi connectivity index (χ4n) is 3.29. The first kappa shape index (κ1) is 15.5. The zero-order chi connectivity index (χ0) is 15.5. The highest BCUT2D eigenvalue weighted by atomic mass is 79.9. The van der Waals surface area contributed by atoms with Crippen LogP contribution in [0, 0.1) is 5.92 Å². The largest absolute Gasteiger partial charge is 0.496 e. The summed E-state index contributed by atoms with van der Waals surface area (Å²) >= 11 is 3.51. The zero-order valence-corrected chi connectivity index (χ0v) is 14.6. The molecular weight excluding hydrogens is 340 g/mol. The minimum absolute atomic E-state index is 0.442. The fraction of sp³-hybridized carbons (Fsp3) is 0.389. The van der Waals surface area contributed by atoms with Crippen LogP contribution in [0.2, 0.25) is 0 Å². The average molecular weight is 361 g/mol. The van der Waals surface area contributed by atoms with E-state index in [1.54, 1.807) is 7.11 Å². The lowest BCUT2D eigenvalue weighted by Crippen LogP contribution is -2.23. The molecule has 0 N–H and O–H groups in total. The van der Waals surface area contributed by atoms with Gasteiger partial charge >= 0.3 is 0 Å².